The standard InChI is InChI=1S/C19H22F2N4O2/c1-2-25-15-9-11(14-7-8-22-10-19(14,20)21)3-4-12(15)17(24-25)13-5-6-16(26)23-18(13)27/h3-4,9,13-14,22H,2,5-8,10H2,1H3,(H,23,26,27). The molecule has 3 heterocycles. The van der Waals surface area contributed by atoms with Crippen molar-refractivity contribution in [2.75, 3.05) is 13.1 Å². The number of imide groups is 1. The number of aryl methyl sites for hydroxylation is 1. The number of hydrogen-bond donors (Lipinski definition) is 2. The molecule has 0 aliphatic carbocycles. The van der Waals surface area contributed by atoms with Gasteiger partial charge in [0.25, 0.3) is 5.92 Å². The Balaban J connectivity index is 1.76. The summed E-state index contributed by atoms with van der Waals surface area (Å²) in [6.45, 7) is 2.74. The van der Waals surface area contributed by atoms with E-state index >= 15 is 0 Å². The molecule has 2 atom stereocenters. The largest absolute Gasteiger partial charge is 0.311 e. The van der Waals surface area contributed by atoms with E-state index < -0.39 is 17.8 Å². The number of amides is 2. The fourth-order valence-electron chi connectivity index (χ4n) is 4.13. The number of aromatic nitrogens is 2. The quantitative estimate of drug-likeness (QED) is 0.806. The van der Waals surface area contributed by atoms with E-state index in [1.807, 2.05) is 6.92 Å². The number of carbonyl (C=O) groups excluding carboxylic acids is 2. The number of benzene rings is 1. The summed E-state index contributed by atoms with van der Waals surface area (Å²) in [5.41, 5.74) is 1.96. The first-order chi connectivity index (χ1) is 12.9. The van der Waals surface area contributed by atoms with Gasteiger partial charge in [0.2, 0.25) is 11.8 Å². The van der Waals surface area contributed by atoms with Crippen molar-refractivity contribution in [2.24, 2.45) is 0 Å². The van der Waals surface area contributed by atoms with Crippen molar-refractivity contribution >= 4 is 22.7 Å². The van der Waals surface area contributed by atoms with Crippen LogP contribution in [0.5, 0.6) is 0 Å². The Hall–Kier alpha value is -2.35. The molecule has 0 spiro atoms. The monoisotopic (exact) mass is 376 g/mol. The van der Waals surface area contributed by atoms with Gasteiger partial charge < -0.3 is 5.32 Å². The molecule has 2 unspecified atom stereocenters. The van der Waals surface area contributed by atoms with E-state index in [2.05, 4.69) is 15.7 Å². The summed E-state index contributed by atoms with van der Waals surface area (Å²) in [5.74, 6) is -4.74. The summed E-state index contributed by atoms with van der Waals surface area (Å²) < 4.78 is 30.4. The third-order valence-electron chi connectivity index (χ3n) is 5.56. The van der Waals surface area contributed by atoms with E-state index in [9.17, 15) is 18.4 Å². The Morgan fingerprint density at radius 3 is 2.81 bits per heavy atom. The van der Waals surface area contributed by atoms with E-state index in [0.29, 0.717) is 37.2 Å². The van der Waals surface area contributed by atoms with Crippen LogP contribution >= 0.6 is 0 Å². The summed E-state index contributed by atoms with van der Waals surface area (Å²) in [6, 6.07) is 5.30. The summed E-state index contributed by atoms with van der Waals surface area (Å²) in [4.78, 5) is 23.7. The molecule has 1 aromatic carbocycles. The molecule has 2 N–H and O–H groups in total. The van der Waals surface area contributed by atoms with Crippen molar-refractivity contribution in [3.05, 3.63) is 29.5 Å². The van der Waals surface area contributed by atoms with Crippen LogP contribution in [0.4, 0.5) is 8.78 Å². The normalized spacial score (nSPS) is 25.6. The third-order valence-corrected chi connectivity index (χ3v) is 5.56. The van der Waals surface area contributed by atoms with Gasteiger partial charge in [0, 0.05) is 18.4 Å². The molecule has 144 valence electrons. The van der Waals surface area contributed by atoms with Crippen molar-refractivity contribution in [2.45, 2.75) is 50.5 Å². The number of piperidine rings is 2. The highest BCUT2D eigenvalue weighted by atomic mass is 19.3. The second-order valence-corrected chi connectivity index (χ2v) is 7.26. The zero-order valence-electron chi connectivity index (χ0n) is 15.1. The van der Waals surface area contributed by atoms with E-state index in [0.717, 1.165) is 10.9 Å². The van der Waals surface area contributed by atoms with Crippen LogP contribution in [-0.2, 0) is 16.1 Å². The maximum Gasteiger partial charge on any atom is 0.267 e. The van der Waals surface area contributed by atoms with Crippen LogP contribution in [0, 0.1) is 0 Å². The van der Waals surface area contributed by atoms with E-state index in [4.69, 9.17) is 0 Å². The average molecular weight is 376 g/mol. The molecule has 2 aromatic rings. The Labute approximate surface area is 155 Å². The highest BCUT2D eigenvalue weighted by Crippen LogP contribution is 2.40. The minimum absolute atomic E-state index is 0.272. The van der Waals surface area contributed by atoms with Gasteiger partial charge in [-0.1, -0.05) is 12.1 Å². The predicted octanol–water partition coefficient (Wildman–Crippen LogP) is 2.29. The fourth-order valence-corrected chi connectivity index (χ4v) is 4.13. The van der Waals surface area contributed by atoms with Gasteiger partial charge >= 0.3 is 0 Å². The summed E-state index contributed by atoms with van der Waals surface area (Å²) in [5, 5.41) is 10.5. The smallest absolute Gasteiger partial charge is 0.267 e. The number of alkyl halides is 2. The van der Waals surface area contributed by atoms with Gasteiger partial charge in [-0.2, -0.15) is 5.10 Å². The lowest BCUT2D eigenvalue weighted by Crippen LogP contribution is -2.44. The first kappa shape index (κ1) is 18.0. The molecule has 2 amide bonds. The van der Waals surface area contributed by atoms with Crippen LogP contribution in [0.15, 0.2) is 18.2 Å². The molecule has 0 saturated carbocycles. The lowest BCUT2D eigenvalue weighted by molar-refractivity contribution is -0.134. The molecule has 27 heavy (non-hydrogen) atoms. The molecule has 0 radical (unpaired) electrons. The van der Waals surface area contributed by atoms with Gasteiger partial charge in [-0.05, 0) is 37.9 Å². The predicted molar refractivity (Wildman–Crippen MR) is 95.7 cm³/mol. The molecular weight excluding hydrogens is 354 g/mol. The second kappa shape index (κ2) is 6.67. The highest BCUT2D eigenvalue weighted by Gasteiger charge is 2.42. The number of carbonyl (C=O) groups is 2. The van der Waals surface area contributed by atoms with Crippen molar-refractivity contribution in [3.63, 3.8) is 0 Å². The number of halogens is 2. The minimum Gasteiger partial charge on any atom is -0.311 e. The van der Waals surface area contributed by atoms with Crippen LogP contribution in [0.2, 0.25) is 0 Å². The van der Waals surface area contributed by atoms with E-state index in [1.165, 1.54) is 0 Å². The first-order valence-corrected chi connectivity index (χ1v) is 9.33. The molecular formula is C19H22F2N4O2. The Morgan fingerprint density at radius 1 is 1.30 bits per heavy atom. The molecule has 1 aromatic heterocycles. The lowest BCUT2D eigenvalue weighted by Gasteiger charge is -2.32. The minimum atomic E-state index is -2.80. The van der Waals surface area contributed by atoms with Gasteiger partial charge in [0.15, 0.2) is 0 Å². The van der Waals surface area contributed by atoms with Crippen molar-refractivity contribution < 1.29 is 18.4 Å². The van der Waals surface area contributed by atoms with E-state index in [1.54, 1.807) is 22.9 Å². The van der Waals surface area contributed by atoms with Gasteiger partial charge in [0.05, 0.1) is 29.6 Å². The van der Waals surface area contributed by atoms with Crippen molar-refractivity contribution in [1.82, 2.24) is 20.4 Å². The van der Waals surface area contributed by atoms with Crippen LogP contribution in [0.3, 0.4) is 0 Å². The van der Waals surface area contributed by atoms with Crippen molar-refractivity contribution in [3.8, 4) is 0 Å². The average Bonchev–Trinajstić information content (AvgIpc) is 2.99. The van der Waals surface area contributed by atoms with Gasteiger partial charge in [-0.15, -0.1) is 0 Å². The molecule has 2 aliphatic heterocycles. The maximum absolute atomic E-state index is 14.4. The SMILES string of the molecule is CCn1nc(C2CCC(=O)NC2=O)c2ccc(C3CCNCC3(F)F)cc21. The summed E-state index contributed by atoms with van der Waals surface area (Å²) in [7, 11) is 0. The molecule has 0 bridgehead atoms. The van der Waals surface area contributed by atoms with Gasteiger partial charge in [-0.3, -0.25) is 19.6 Å². The Bertz CT molecular complexity index is 908. The highest BCUT2D eigenvalue weighted by molar-refractivity contribution is 6.02. The van der Waals surface area contributed by atoms with E-state index in [-0.39, 0.29) is 24.8 Å². The number of rotatable bonds is 3. The van der Waals surface area contributed by atoms with Gasteiger partial charge in [-0.25, -0.2) is 8.78 Å². The zero-order chi connectivity index (χ0) is 19.2. The van der Waals surface area contributed by atoms with Crippen LogP contribution in [-0.4, -0.2) is 40.6 Å². The van der Waals surface area contributed by atoms with Crippen LogP contribution in [0.25, 0.3) is 10.9 Å². The van der Waals surface area contributed by atoms with Gasteiger partial charge in [0.1, 0.15) is 0 Å². The third kappa shape index (κ3) is 3.12. The first-order valence-electron chi connectivity index (χ1n) is 9.33. The molecule has 2 saturated heterocycles. The molecule has 6 nitrogen and oxygen atoms in total. The zero-order valence-corrected chi connectivity index (χ0v) is 15.1. The van der Waals surface area contributed by atoms with Crippen LogP contribution in [0.1, 0.15) is 49.3 Å². The maximum atomic E-state index is 14.4. The molecule has 4 rings (SSSR count). The number of hydrogen-bond acceptors (Lipinski definition) is 4. The number of nitrogens with zero attached hydrogens (tertiary/aromatic N) is 2. The fraction of sp³-hybridized carbons (Fsp3) is 0.526. The molecule has 2 fully saturated rings. The number of fused-ring (bicyclic) bond motifs is 1. The summed E-state index contributed by atoms with van der Waals surface area (Å²) in [6.07, 6.45) is 1.06. The Morgan fingerprint density at radius 2 is 2.11 bits per heavy atom. The van der Waals surface area contributed by atoms with Crippen molar-refractivity contribution in [1.29, 1.82) is 0 Å². The topological polar surface area (TPSA) is 76.0 Å². The molecule has 8 heteroatoms. The summed E-state index contributed by atoms with van der Waals surface area (Å²) >= 11 is 0. The lowest BCUT2D eigenvalue weighted by atomic mass is 9.86. The Kier molecular flexibility index (Phi) is 4.46. The molecule has 2 aliphatic rings. The second-order valence-electron chi connectivity index (χ2n) is 7.26. The van der Waals surface area contributed by atoms with Crippen LogP contribution < -0.4 is 10.6 Å². The number of nitrogens with one attached hydrogen (secondary N) is 2.